The molecule has 0 spiro atoms. The Hall–Kier alpha value is -1.94. The summed E-state index contributed by atoms with van der Waals surface area (Å²) in [6.07, 6.45) is 4.72. The zero-order valence-corrected chi connectivity index (χ0v) is 13.7. The summed E-state index contributed by atoms with van der Waals surface area (Å²) in [6, 6.07) is 7.42. The fourth-order valence-corrected chi connectivity index (χ4v) is 2.12. The Balaban J connectivity index is 1.98. The number of benzene rings is 1. The van der Waals surface area contributed by atoms with Gasteiger partial charge in [0.05, 0.1) is 5.56 Å². The molecule has 0 unspecified atom stereocenters. The summed E-state index contributed by atoms with van der Waals surface area (Å²) >= 11 is 6.01. The average molecular weight is 319 g/mol. The number of ether oxygens (including phenoxy) is 1. The summed E-state index contributed by atoms with van der Waals surface area (Å²) < 4.78 is 5.34. The molecule has 0 bridgehead atoms. The number of hydrogen-bond donors (Lipinski definition) is 0. The molecule has 1 aromatic carbocycles. The Morgan fingerprint density at radius 1 is 1.18 bits per heavy atom. The molecule has 0 aliphatic carbocycles. The van der Waals surface area contributed by atoms with Gasteiger partial charge in [-0.25, -0.2) is 14.8 Å². The molecule has 116 valence electrons. The third-order valence-corrected chi connectivity index (χ3v) is 3.34. The Kier molecular flexibility index (Phi) is 5.14. The SMILES string of the molecule is CC(C)(C)OC(=O)c1ccc(CCc2cncnc2Cl)cc1. The quantitative estimate of drug-likeness (QED) is 0.634. The number of aromatic nitrogens is 2. The second-order valence-electron chi connectivity index (χ2n) is 6.04. The highest BCUT2D eigenvalue weighted by atomic mass is 35.5. The standard InChI is InChI=1S/C17H19ClN2O2/c1-17(2,3)22-16(21)13-7-4-12(5-8-13)6-9-14-10-19-11-20-15(14)18/h4-5,7-8,10-11H,6,9H2,1-3H3. The average Bonchev–Trinajstić information content (AvgIpc) is 2.45. The predicted molar refractivity (Wildman–Crippen MR) is 86.1 cm³/mol. The fraction of sp³-hybridized carbons (Fsp3) is 0.353. The van der Waals surface area contributed by atoms with Crippen molar-refractivity contribution in [2.24, 2.45) is 0 Å². The first-order valence-electron chi connectivity index (χ1n) is 7.12. The maximum absolute atomic E-state index is 11.9. The van der Waals surface area contributed by atoms with Crippen LogP contribution in [-0.4, -0.2) is 21.5 Å². The minimum absolute atomic E-state index is 0.307. The molecule has 22 heavy (non-hydrogen) atoms. The van der Waals surface area contributed by atoms with E-state index in [1.54, 1.807) is 18.3 Å². The van der Waals surface area contributed by atoms with Gasteiger partial charge in [-0.1, -0.05) is 23.7 Å². The van der Waals surface area contributed by atoms with Crippen molar-refractivity contribution in [1.29, 1.82) is 0 Å². The van der Waals surface area contributed by atoms with E-state index in [0.29, 0.717) is 10.7 Å². The molecule has 4 nitrogen and oxygen atoms in total. The molecular weight excluding hydrogens is 300 g/mol. The number of esters is 1. The van der Waals surface area contributed by atoms with Crippen LogP contribution in [0.3, 0.4) is 0 Å². The van der Waals surface area contributed by atoms with E-state index in [9.17, 15) is 4.79 Å². The Bertz CT molecular complexity index is 648. The third-order valence-electron chi connectivity index (χ3n) is 3.00. The van der Waals surface area contributed by atoms with E-state index in [-0.39, 0.29) is 5.97 Å². The van der Waals surface area contributed by atoms with Crippen molar-refractivity contribution in [2.45, 2.75) is 39.2 Å². The van der Waals surface area contributed by atoms with Crippen LogP contribution in [0.1, 0.15) is 42.3 Å². The molecule has 0 atom stereocenters. The van der Waals surface area contributed by atoms with Gasteiger partial charge < -0.3 is 4.74 Å². The van der Waals surface area contributed by atoms with Gasteiger partial charge in [-0.15, -0.1) is 0 Å². The van der Waals surface area contributed by atoms with E-state index < -0.39 is 5.60 Å². The maximum Gasteiger partial charge on any atom is 0.338 e. The van der Waals surface area contributed by atoms with Gasteiger partial charge in [0, 0.05) is 11.8 Å². The van der Waals surface area contributed by atoms with E-state index in [1.165, 1.54) is 6.33 Å². The molecule has 0 aliphatic heterocycles. The molecule has 1 aromatic heterocycles. The first kappa shape index (κ1) is 16.4. The monoisotopic (exact) mass is 318 g/mol. The molecule has 2 aromatic rings. The van der Waals surface area contributed by atoms with Crippen LogP contribution in [0.4, 0.5) is 0 Å². The van der Waals surface area contributed by atoms with Gasteiger partial charge in [-0.3, -0.25) is 0 Å². The Morgan fingerprint density at radius 3 is 2.45 bits per heavy atom. The van der Waals surface area contributed by atoms with Crippen molar-refractivity contribution >= 4 is 17.6 Å². The van der Waals surface area contributed by atoms with Crippen LogP contribution in [-0.2, 0) is 17.6 Å². The minimum atomic E-state index is -0.486. The molecule has 0 saturated carbocycles. The lowest BCUT2D eigenvalue weighted by Gasteiger charge is -2.19. The van der Waals surface area contributed by atoms with Crippen molar-refractivity contribution in [3.63, 3.8) is 0 Å². The van der Waals surface area contributed by atoms with Crippen LogP contribution in [0.2, 0.25) is 5.15 Å². The van der Waals surface area contributed by atoms with Crippen LogP contribution in [0.5, 0.6) is 0 Å². The van der Waals surface area contributed by atoms with Gasteiger partial charge in [-0.05, 0) is 51.3 Å². The van der Waals surface area contributed by atoms with E-state index in [4.69, 9.17) is 16.3 Å². The zero-order chi connectivity index (χ0) is 16.2. The van der Waals surface area contributed by atoms with Gasteiger partial charge >= 0.3 is 5.97 Å². The number of rotatable bonds is 4. The van der Waals surface area contributed by atoms with Crippen LogP contribution in [0.15, 0.2) is 36.8 Å². The van der Waals surface area contributed by atoms with E-state index in [2.05, 4.69) is 9.97 Å². The first-order chi connectivity index (χ1) is 10.3. The number of halogens is 1. The topological polar surface area (TPSA) is 52.1 Å². The van der Waals surface area contributed by atoms with Gasteiger partial charge in [0.25, 0.3) is 0 Å². The minimum Gasteiger partial charge on any atom is -0.456 e. The zero-order valence-electron chi connectivity index (χ0n) is 13.0. The lowest BCUT2D eigenvalue weighted by Crippen LogP contribution is -2.23. The molecule has 0 saturated heterocycles. The van der Waals surface area contributed by atoms with Gasteiger partial charge in [-0.2, -0.15) is 0 Å². The molecule has 0 amide bonds. The lowest BCUT2D eigenvalue weighted by molar-refractivity contribution is 0.00695. The van der Waals surface area contributed by atoms with Crippen molar-refractivity contribution in [2.75, 3.05) is 0 Å². The number of hydrogen-bond acceptors (Lipinski definition) is 4. The smallest absolute Gasteiger partial charge is 0.338 e. The predicted octanol–water partition coefficient (Wildman–Crippen LogP) is 3.87. The largest absolute Gasteiger partial charge is 0.456 e. The summed E-state index contributed by atoms with van der Waals surface area (Å²) in [4.78, 5) is 19.9. The Morgan fingerprint density at radius 2 is 1.86 bits per heavy atom. The van der Waals surface area contributed by atoms with Crippen LogP contribution in [0.25, 0.3) is 0 Å². The van der Waals surface area contributed by atoms with Crippen LogP contribution >= 0.6 is 11.6 Å². The third kappa shape index (κ3) is 4.81. The van der Waals surface area contributed by atoms with Gasteiger partial charge in [0.1, 0.15) is 17.1 Å². The highest BCUT2D eigenvalue weighted by Crippen LogP contribution is 2.16. The van der Waals surface area contributed by atoms with E-state index >= 15 is 0 Å². The van der Waals surface area contributed by atoms with Gasteiger partial charge in [0.2, 0.25) is 0 Å². The van der Waals surface area contributed by atoms with E-state index in [0.717, 1.165) is 24.0 Å². The lowest BCUT2D eigenvalue weighted by atomic mass is 10.0. The molecule has 2 rings (SSSR count). The molecule has 0 N–H and O–H groups in total. The van der Waals surface area contributed by atoms with E-state index in [1.807, 2.05) is 32.9 Å². The van der Waals surface area contributed by atoms with Crippen molar-refractivity contribution in [3.8, 4) is 0 Å². The number of nitrogens with zero attached hydrogens (tertiary/aromatic N) is 2. The summed E-state index contributed by atoms with van der Waals surface area (Å²) in [7, 11) is 0. The maximum atomic E-state index is 11.9. The van der Waals surface area contributed by atoms with Crippen LogP contribution < -0.4 is 0 Å². The molecule has 5 heteroatoms. The summed E-state index contributed by atoms with van der Waals surface area (Å²) in [5, 5.41) is 0.486. The number of aryl methyl sites for hydroxylation is 2. The molecule has 0 fully saturated rings. The van der Waals surface area contributed by atoms with Crippen molar-refractivity contribution in [3.05, 3.63) is 58.6 Å². The Labute approximate surface area is 135 Å². The molecular formula is C17H19ClN2O2. The molecule has 0 radical (unpaired) electrons. The summed E-state index contributed by atoms with van der Waals surface area (Å²) in [6.45, 7) is 5.56. The molecule has 0 aliphatic rings. The summed E-state index contributed by atoms with van der Waals surface area (Å²) in [5.74, 6) is -0.307. The second-order valence-corrected chi connectivity index (χ2v) is 6.40. The van der Waals surface area contributed by atoms with Gasteiger partial charge in [0.15, 0.2) is 0 Å². The number of carbonyl (C=O) groups excluding carboxylic acids is 1. The first-order valence-corrected chi connectivity index (χ1v) is 7.49. The highest BCUT2D eigenvalue weighted by molar-refractivity contribution is 6.30. The van der Waals surface area contributed by atoms with Crippen molar-refractivity contribution in [1.82, 2.24) is 9.97 Å². The molecule has 1 heterocycles. The summed E-state index contributed by atoms with van der Waals surface area (Å²) in [5.41, 5.74) is 2.10. The normalized spacial score (nSPS) is 11.3. The van der Waals surface area contributed by atoms with Crippen LogP contribution in [0, 0.1) is 0 Å². The van der Waals surface area contributed by atoms with Crippen molar-refractivity contribution < 1.29 is 9.53 Å². The highest BCUT2D eigenvalue weighted by Gasteiger charge is 2.17. The second kappa shape index (κ2) is 6.88. The fourth-order valence-electron chi connectivity index (χ4n) is 1.93. The number of carbonyl (C=O) groups is 1.